The summed E-state index contributed by atoms with van der Waals surface area (Å²) in [7, 11) is 0. The second-order valence-electron chi connectivity index (χ2n) is 6.11. The number of hydrogen-bond donors (Lipinski definition) is 0. The fourth-order valence-electron chi connectivity index (χ4n) is 3.16. The van der Waals surface area contributed by atoms with E-state index in [4.69, 9.17) is 8.83 Å². The molecule has 5 aromatic rings. The van der Waals surface area contributed by atoms with Crippen molar-refractivity contribution >= 4 is 53.8 Å². The summed E-state index contributed by atoms with van der Waals surface area (Å²) >= 11 is 7.17. The van der Waals surface area contributed by atoms with Gasteiger partial charge in [-0.15, -0.1) is 0 Å². The van der Waals surface area contributed by atoms with Gasteiger partial charge in [-0.3, -0.25) is 0 Å². The third kappa shape index (κ3) is 2.61. The lowest BCUT2D eigenvalue weighted by Gasteiger charge is -1.98. The van der Waals surface area contributed by atoms with Crippen LogP contribution >= 0.6 is 31.9 Å². The topological polar surface area (TPSA) is 26.3 Å². The molecule has 0 bridgehead atoms. The first-order valence-electron chi connectivity index (χ1n) is 8.16. The van der Waals surface area contributed by atoms with Crippen molar-refractivity contribution in [3.05, 3.63) is 81.7 Å². The first-order chi connectivity index (χ1) is 12.7. The molecule has 0 fully saturated rings. The van der Waals surface area contributed by atoms with Crippen molar-refractivity contribution in [2.24, 2.45) is 0 Å². The minimum absolute atomic E-state index is 0.839. The number of furan rings is 2. The largest absolute Gasteiger partial charge is 0.456 e. The fraction of sp³-hybridized carbons (Fsp3) is 0. The molecular formula is C22H12Br2O2. The molecule has 0 spiro atoms. The number of rotatable bonds is 2. The normalized spacial score (nSPS) is 11.5. The molecule has 26 heavy (non-hydrogen) atoms. The van der Waals surface area contributed by atoms with Crippen molar-refractivity contribution in [3.8, 4) is 22.6 Å². The predicted octanol–water partition coefficient (Wildman–Crippen LogP) is 8.04. The molecule has 126 valence electrons. The molecule has 2 nitrogen and oxygen atoms in total. The summed E-state index contributed by atoms with van der Waals surface area (Å²) in [5.74, 6) is 1.68. The molecule has 0 atom stereocenters. The lowest BCUT2D eigenvalue weighted by Crippen LogP contribution is -1.74. The molecule has 0 aliphatic heterocycles. The van der Waals surface area contributed by atoms with Crippen LogP contribution in [0.5, 0.6) is 0 Å². The Morgan fingerprint density at radius 3 is 1.38 bits per heavy atom. The van der Waals surface area contributed by atoms with Gasteiger partial charge in [0.1, 0.15) is 22.7 Å². The molecule has 0 N–H and O–H groups in total. The van der Waals surface area contributed by atoms with E-state index in [0.29, 0.717) is 0 Å². The van der Waals surface area contributed by atoms with E-state index in [1.807, 2.05) is 60.7 Å². The maximum absolute atomic E-state index is 6.10. The zero-order chi connectivity index (χ0) is 17.7. The van der Waals surface area contributed by atoms with Crippen LogP contribution in [0.25, 0.3) is 44.6 Å². The van der Waals surface area contributed by atoms with Gasteiger partial charge in [-0.05, 0) is 36.4 Å². The highest BCUT2D eigenvalue weighted by Gasteiger charge is 2.13. The zero-order valence-corrected chi connectivity index (χ0v) is 16.7. The highest BCUT2D eigenvalue weighted by molar-refractivity contribution is 9.11. The van der Waals surface area contributed by atoms with Gasteiger partial charge in [-0.1, -0.05) is 68.3 Å². The number of halogens is 2. The lowest BCUT2D eigenvalue weighted by atomic mass is 10.1. The Hall–Kier alpha value is -2.30. The number of fused-ring (bicyclic) bond motifs is 2. The van der Waals surface area contributed by atoms with Gasteiger partial charge in [0.05, 0.1) is 0 Å². The second kappa shape index (κ2) is 6.15. The van der Waals surface area contributed by atoms with Crippen molar-refractivity contribution in [1.29, 1.82) is 0 Å². The van der Waals surface area contributed by atoms with E-state index >= 15 is 0 Å². The molecule has 5 rings (SSSR count). The third-order valence-corrected chi connectivity index (χ3v) is 5.82. The summed E-state index contributed by atoms with van der Waals surface area (Å²) in [6, 6.07) is 24.3. The third-order valence-electron chi connectivity index (χ3n) is 4.43. The van der Waals surface area contributed by atoms with Crippen LogP contribution in [0.3, 0.4) is 0 Å². The summed E-state index contributed by atoms with van der Waals surface area (Å²) in [5, 5.41) is 2.05. The summed E-state index contributed by atoms with van der Waals surface area (Å²) in [4.78, 5) is 0. The Labute approximate surface area is 166 Å². The average molecular weight is 468 g/mol. The molecule has 0 saturated heterocycles. The van der Waals surface area contributed by atoms with E-state index in [9.17, 15) is 0 Å². The highest BCUT2D eigenvalue weighted by atomic mass is 79.9. The van der Waals surface area contributed by atoms with Crippen LogP contribution in [0.4, 0.5) is 0 Å². The molecule has 0 saturated carbocycles. The Kier molecular flexibility index (Phi) is 3.76. The van der Waals surface area contributed by atoms with Gasteiger partial charge in [0.2, 0.25) is 0 Å². The van der Waals surface area contributed by atoms with Crippen LogP contribution in [0, 0.1) is 0 Å². The van der Waals surface area contributed by atoms with Crippen molar-refractivity contribution < 1.29 is 8.83 Å². The molecule has 2 aromatic heterocycles. The van der Waals surface area contributed by atoms with E-state index in [0.717, 1.165) is 53.5 Å². The summed E-state index contributed by atoms with van der Waals surface area (Å²) in [6.07, 6.45) is 0. The molecule has 2 heterocycles. The molecule has 0 radical (unpaired) electrons. The van der Waals surface area contributed by atoms with Crippen LogP contribution < -0.4 is 0 Å². The quantitative estimate of drug-likeness (QED) is 0.262. The van der Waals surface area contributed by atoms with Crippen LogP contribution in [-0.4, -0.2) is 0 Å². The molecular weight excluding hydrogens is 456 g/mol. The van der Waals surface area contributed by atoms with Gasteiger partial charge in [0.25, 0.3) is 0 Å². The first-order valence-corrected chi connectivity index (χ1v) is 9.74. The van der Waals surface area contributed by atoms with Crippen molar-refractivity contribution in [3.63, 3.8) is 0 Å². The van der Waals surface area contributed by atoms with Crippen molar-refractivity contribution in [2.75, 3.05) is 0 Å². The fourth-order valence-corrected chi connectivity index (χ4v) is 4.12. The van der Waals surface area contributed by atoms with E-state index in [1.165, 1.54) is 0 Å². The minimum atomic E-state index is 0.839. The maximum atomic E-state index is 6.10. The van der Waals surface area contributed by atoms with E-state index in [1.54, 1.807) is 0 Å². The summed E-state index contributed by atoms with van der Waals surface area (Å²) in [6.45, 7) is 0. The Bertz CT molecular complexity index is 1120. The standard InChI is InChI=1S/C22H12Br2O2/c23-17-7-3-1-5-15(17)21-11-13-9-20-14(10-19(13)25-21)12-22(26-20)16-6-2-4-8-18(16)24/h1-12H. The van der Waals surface area contributed by atoms with Gasteiger partial charge in [0.15, 0.2) is 0 Å². The molecule has 4 heteroatoms. The van der Waals surface area contributed by atoms with E-state index in [2.05, 4.69) is 44.0 Å². The average Bonchev–Trinajstić information content (AvgIpc) is 3.23. The van der Waals surface area contributed by atoms with Crippen molar-refractivity contribution in [2.45, 2.75) is 0 Å². The zero-order valence-electron chi connectivity index (χ0n) is 13.5. The summed E-state index contributed by atoms with van der Waals surface area (Å²) < 4.78 is 14.2. The number of benzene rings is 3. The van der Waals surface area contributed by atoms with Crippen LogP contribution in [0.15, 0.2) is 90.6 Å². The maximum Gasteiger partial charge on any atom is 0.136 e. The number of hydrogen-bond acceptors (Lipinski definition) is 2. The van der Waals surface area contributed by atoms with Crippen LogP contribution in [0.2, 0.25) is 0 Å². The van der Waals surface area contributed by atoms with Gasteiger partial charge in [0, 0.05) is 30.8 Å². The Morgan fingerprint density at radius 1 is 0.538 bits per heavy atom. The van der Waals surface area contributed by atoms with Gasteiger partial charge < -0.3 is 8.83 Å². The first kappa shape index (κ1) is 15.9. The lowest BCUT2D eigenvalue weighted by molar-refractivity contribution is 0.627. The minimum Gasteiger partial charge on any atom is -0.456 e. The second-order valence-corrected chi connectivity index (χ2v) is 7.82. The molecule has 0 amide bonds. The summed E-state index contributed by atoms with van der Waals surface area (Å²) in [5.41, 5.74) is 3.77. The van der Waals surface area contributed by atoms with Crippen molar-refractivity contribution in [1.82, 2.24) is 0 Å². The van der Waals surface area contributed by atoms with E-state index in [-0.39, 0.29) is 0 Å². The van der Waals surface area contributed by atoms with Gasteiger partial charge >= 0.3 is 0 Å². The molecule has 0 aliphatic carbocycles. The molecule has 0 unspecified atom stereocenters. The molecule has 0 aliphatic rings. The van der Waals surface area contributed by atoms with Crippen LogP contribution in [-0.2, 0) is 0 Å². The monoisotopic (exact) mass is 466 g/mol. The Balaban J connectivity index is 1.66. The van der Waals surface area contributed by atoms with Gasteiger partial charge in [-0.25, -0.2) is 0 Å². The highest BCUT2D eigenvalue weighted by Crippen LogP contribution is 2.37. The van der Waals surface area contributed by atoms with E-state index < -0.39 is 0 Å². The predicted molar refractivity (Wildman–Crippen MR) is 112 cm³/mol. The molecule has 3 aromatic carbocycles. The van der Waals surface area contributed by atoms with Crippen LogP contribution in [0.1, 0.15) is 0 Å². The smallest absolute Gasteiger partial charge is 0.136 e. The SMILES string of the molecule is Brc1ccccc1-c1cc2cc3oc(-c4ccccc4Br)cc3cc2o1. The Morgan fingerprint density at radius 2 is 0.962 bits per heavy atom. The van der Waals surface area contributed by atoms with Gasteiger partial charge in [-0.2, -0.15) is 0 Å².